The number of hydrogen-bond acceptors (Lipinski definition) is 2. The molecule has 0 aliphatic carbocycles. The molecular weight excluding hydrogens is 256 g/mol. The second-order valence-electron chi connectivity index (χ2n) is 8.08. The minimum Gasteiger partial charge on any atom is -0.304 e. The van der Waals surface area contributed by atoms with Crippen LogP contribution in [0.3, 0.4) is 0 Å². The second kappa shape index (κ2) is 7.00. The van der Waals surface area contributed by atoms with Gasteiger partial charge in [0, 0.05) is 18.6 Å². The molecule has 3 unspecified atom stereocenters. The maximum atomic E-state index is 2.95. The molecule has 3 fully saturated rings. The highest BCUT2D eigenvalue weighted by atomic mass is 15.2. The molecule has 3 rings (SSSR count). The van der Waals surface area contributed by atoms with Crippen LogP contribution in [0.25, 0.3) is 0 Å². The van der Waals surface area contributed by atoms with Crippen LogP contribution in [0.5, 0.6) is 0 Å². The molecule has 0 spiro atoms. The van der Waals surface area contributed by atoms with E-state index in [1.54, 1.807) is 0 Å². The van der Waals surface area contributed by atoms with E-state index in [0.29, 0.717) is 0 Å². The Bertz CT molecular complexity index is 308. The molecule has 2 heteroatoms. The molecule has 3 saturated heterocycles. The zero-order chi connectivity index (χ0) is 14.8. The lowest BCUT2D eigenvalue weighted by molar-refractivity contribution is 0.0528. The van der Waals surface area contributed by atoms with E-state index < -0.39 is 0 Å². The SMILES string of the molecule is CCC(C)C1CC2CCC(C1)N2CC1CCN(CC)CC1. The van der Waals surface area contributed by atoms with Crippen molar-refractivity contribution < 1.29 is 0 Å². The number of piperidine rings is 2. The number of fused-ring (bicyclic) bond motifs is 2. The summed E-state index contributed by atoms with van der Waals surface area (Å²) in [6.07, 6.45) is 10.2. The summed E-state index contributed by atoms with van der Waals surface area (Å²) < 4.78 is 0. The van der Waals surface area contributed by atoms with Gasteiger partial charge in [0.2, 0.25) is 0 Å². The van der Waals surface area contributed by atoms with Crippen molar-refractivity contribution in [3.63, 3.8) is 0 Å². The van der Waals surface area contributed by atoms with Gasteiger partial charge in [-0.1, -0.05) is 27.2 Å². The minimum absolute atomic E-state index is 0.937. The fourth-order valence-corrected chi connectivity index (χ4v) is 5.20. The average molecular weight is 293 g/mol. The van der Waals surface area contributed by atoms with Gasteiger partial charge in [0.15, 0.2) is 0 Å². The summed E-state index contributed by atoms with van der Waals surface area (Å²) in [5.41, 5.74) is 0. The van der Waals surface area contributed by atoms with E-state index in [9.17, 15) is 0 Å². The van der Waals surface area contributed by atoms with E-state index in [-0.39, 0.29) is 0 Å². The lowest BCUT2D eigenvalue weighted by Crippen LogP contribution is -2.47. The van der Waals surface area contributed by atoms with E-state index in [1.165, 1.54) is 71.1 Å². The molecule has 0 aromatic carbocycles. The van der Waals surface area contributed by atoms with Crippen LogP contribution in [0.15, 0.2) is 0 Å². The largest absolute Gasteiger partial charge is 0.304 e. The molecule has 0 saturated carbocycles. The molecule has 0 amide bonds. The fraction of sp³-hybridized carbons (Fsp3) is 1.00. The van der Waals surface area contributed by atoms with Crippen LogP contribution in [0, 0.1) is 17.8 Å². The summed E-state index contributed by atoms with van der Waals surface area (Å²) in [5.74, 6) is 2.95. The molecule has 0 N–H and O–H groups in total. The van der Waals surface area contributed by atoms with Crippen LogP contribution in [0.4, 0.5) is 0 Å². The Balaban J connectivity index is 1.52. The third kappa shape index (κ3) is 3.47. The van der Waals surface area contributed by atoms with E-state index in [4.69, 9.17) is 0 Å². The fourth-order valence-electron chi connectivity index (χ4n) is 5.20. The molecule has 0 radical (unpaired) electrons. The van der Waals surface area contributed by atoms with Gasteiger partial charge >= 0.3 is 0 Å². The highest BCUT2D eigenvalue weighted by Gasteiger charge is 2.42. The van der Waals surface area contributed by atoms with Gasteiger partial charge in [-0.2, -0.15) is 0 Å². The van der Waals surface area contributed by atoms with E-state index in [2.05, 4.69) is 30.6 Å². The molecule has 122 valence electrons. The lowest BCUT2D eigenvalue weighted by atomic mass is 9.80. The van der Waals surface area contributed by atoms with Gasteiger partial charge in [-0.3, -0.25) is 4.90 Å². The smallest absolute Gasteiger partial charge is 0.0102 e. The number of hydrogen-bond donors (Lipinski definition) is 0. The quantitative estimate of drug-likeness (QED) is 0.755. The highest BCUT2D eigenvalue weighted by molar-refractivity contribution is 4.97. The summed E-state index contributed by atoms with van der Waals surface area (Å²) in [6.45, 7) is 12.5. The van der Waals surface area contributed by atoms with Crippen molar-refractivity contribution in [1.82, 2.24) is 9.80 Å². The predicted molar refractivity (Wildman–Crippen MR) is 90.5 cm³/mol. The average Bonchev–Trinajstić information content (AvgIpc) is 2.76. The van der Waals surface area contributed by atoms with Gasteiger partial charge in [0.1, 0.15) is 0 Å². The third-order valence-corrected chi connectivity index (χ3v) is 6.99. The van der Waals surface area contributed by atoms with Crippen LogP contribution in [-0.2, 0) is 0 Å². The molecule has 2 nitrogen and oxygen atoms in total. The van der Waals surface area contributed by atoms with Gasteiger partial charge < -0.3 is 4.90 Å². The molecule has 0 aromatic rings. The van der Waals surface area contributed by atoms with Gasteiger partial charge in [0.25, 0.3) is 0 Å². The van der Waals surface area contributed by atoms with Crippen LogP contribution in [0.1, 0.15) is 65.7 Å². The standard InChI is InChI=1S/C19H36N2/c1-4-15(3)17-12-18-6-7-19(13-17)21(18)14-16-8-10-20(5-2)11-9-16/h15-19H,4-14H2,1-3H3. The van der Waals surface area contributed by atoms with Crippen molar-refractivity contribution in [2.45, 2.75) is 77.8 Å². The third-order valence-electron chi connectivity index (χ3n) is 6.99. The normalized spacial score (nSPS) is 37.0. The molecule has 3 atom stereocenters. The van der Waals surface area contributed by atoms with Crippen LogP contribution in [-0.4, -0.2) is 48.1 Å². The summed E-state index contributed by atoms with van der Waals surface area (Å²) >= 11 is 0. The Morgan fingerprint density at radius 3 is 2.10 bits per heavy atom. The summed E-state index contributed by atoms with van der Waals surface area (Å²) in [5, 5.41) is 0. The maximum absolute atomic E-state index is 2.95. The van der Waals surface area contributed by atoms with Crippen LogP contribution < -0.4 is 0 Å². The monoisotopic (exact) mass is 292 g/mol. The van der Waals surface area contributed by atoms with Crippen molar-refractivity contribution in [3.05, 3.63) is 0 Å². The maximum Gasteiger partial charge on any atom is 0.0102 e. The van der Waals surface area contributed by atoms with E-state index in [1.807, 2.05) is 0 Å². The minimum atomic E-state index is 0.937. The van der Waals surface area contributed by atoms with Gasteiger partial charge in [0.05, 0.1) is 0 Å². The Morgan fingerprint density at radius 1 is 0.952 bits per heavy atom. The van der Waals surface area contributed by atoms with Crippen molar-refractivity contribution >= 4 is 0 Å². The first kappa shape index (κ1) is 15.8. The van der Waals surface area contributed by atoms with Crippen LogP contribution in [0.2, 0.25) is 0 Å². The first-order valence-corrected chi connectivity index (χ1v) is 9.69. The summed E-state index contributed by atoms with van der Waals surface area (Å²) in [7, 11) is 0. The molecule has 2 bridgehead atoms. The zero-order valence-corrected chi connectivity index (χ0v) is 14.6. The first-order valence-electron chi connectivity index (χ1n) is 9.69. The highest BCUT2D eigenvalue weighted by Crippen LogP contribution is 2.42. The van der Waals surface area contributed by atoms with Crippen molar-refractivity contribution in [2.75, 3.05) is 26.2 Å². The molecule has 3 heterocycles. The molecule has 3 aliphatic rings. The number of nitrogens with zero attached hydrogens (tertiary/aromatic N) is 2. The Labute approximate surface area is 132 Å². The van der Waals surface area contributed by atoms with E-state index >= 15 is 0 Å². The van der Waals surface area contributed by atoms with Crippen molar-refractivity contribution in [2.24, 2.45) is 17.8 Å². The van der Waals surface area contributed by atoms with Crippen LogP contribution >= 0.6 is 0 Å². The first-order chi connectivity index (χ1) is 10.2. The summed E-state index contributed by atoms with van der Waals surface area (Å²) in [6, 6.07) is 1.87. The van der Waals surface area contributed by atoms with Crippen molar-refractivity contribution in [1.29, 1.82) is 0 Å². The molecule has 0 aromatic heterocycles. The number of likely N-dealkylation sites (tertiary alicyclic amines) is 1. The second-order valence-corrected chi connectivity index (χ2v) is 8.08. The molecular formula is C19H36N2. The predicted octanol–water partition coefficient (Wildman–Crippen LogP) is 4.01. The van der Waals surface area contributed by atoms with Gasteiger partial charge in [-0.15, -0.1) is 0 Å². The Hall–Kier alpha value is -0.0800. The summed E-state index contributed by atoms with van der Waals surface area (Å²) in [4.78, 5) is 5.57. The molecule has 21 heavy (non-hydrogen) atoms. The lowest BCUT2D eigenvalue weighted by Gasteiger charge is -2.43. The van der Waals surface area contributed by atoms with Gasteiger partial charge in [-0.05, 0) is 75.9 Å². The van der Waals surface area contributed by atoms with Crippen molar-refractivity contribution in [3.8, 4) is 0 Å². The zero-order valence-electron chi connectivity index (χ0n) is 14.6. The van der Waals surface area contributed by atoms with Gasteiger partial charge in [-0.25, -0.2) is 0 Å². The Morgan fingerprint density at radius 2 is 1.57 bits per heavy atom. The topological polar surface area (TPSA) is 6.48 Å². The van der Waals surface area contributed by atoms with E-state index in [0.717, 1.165) is 29.8 Å². The number of rotatable bonds is 5. The molecule has 3 aliphatic heterocycles. The Kier molecular flexibility index (Phi) is 5.27.